The van der Waals surface area contributed by atoms with Gasteiger partial charge in [0.15, 0.2) is 10.3 Å². The van der Waals surface area contributed by atoms with Gasteiger partial charge >= 0.3 is 5.91 Å². The second-order valence-electron chi connectivity index (χ2n) is 10.3. The van der Waals surface area contributed by atoms with Crippen LogP contribution in [0.3, 0.4) is 0 Å². The lowest BCUT2D eigenvalue weighted by Crippen LogP contribution is -3.20. The molecule has 0 aromatic heterocycles. The van der Waals surface area contributed by atoms with Gasteiger partial charge in [-0.3, -0.25) is 9.80 Å². The Bertz CT molecular complexity index is 1300. The summed E-state index contributed by atoms with van der Waals surface area (Å²) in [5.41, 5.74) is 5.30. The van der Waals surface area contributed by atoms with Crippen LogP contribution in [0.5, 0.6) is 0 Å². The van der Waals surface area contributed by atoms with Crippen molar-refractivity contribution in [1.82, 2.24) is 10.1 Å². The molecular formula is C27H34Cl3N5O4S. The minimum absolute atomic E-state index is 0.105. The predicted octanol–water partition coefficient (Wildman–Crippen LogP) is 4.42. The number of piperidine rings is 1. The van der Waals surface area contributed by atoms with Crippen LogP contribution < -0.4 is 20.2 Å². The molecule has 1 atom stereocenters. The first-order valence-electron chi connectivity index (χ1n) is 13.6. The lowest BCUT2D eigenvalue weighted by atomic mass is 9.96. The van der Waals surface area contributed by atoms with Gasteiger partial charge in [-0.1, -0.05) is 66.2 Å². The van der Waals surface area contributed by atoms with E-state index < -0.39 is 10.3 Å². The highest BCUT2D eigenvalue weighted by Gasteiger charge is 2.34. The summed E-state index contributed by atoms with van der Waals surface area (Å²) < 4.78 is 32.8. The van der Waals surface area contributed by atoms with Gasteiger partial charge in [0.1, 0.15) is 5.71 Å². The van der Waals surface area contributed by atoms with E-state index in [0.29, 0.717) is 32.9 Å². The maximum absolute atomic E-state index is 12.9. The van der Waals surface area contributed by atoms with Crippen LogP contribution in [0.2, 0.25) is 15.1 Å². The zero-order valence-corrected chi connectivity index (χ0v) is 25.1. The van der Waals surface area contributed by atoms with Crippen molar-refractivity contribution in [3.05, 3.63) is 63.1 Å². The second kappa shape index (κ2) is 14.3. The van der Waals surface area contributed by atoms with E-state index in [1.165, 1.54) is 6.42 Å². The molecule has 3 aliphatic rings. The van der Waals surface area contributed by atoms with Crippen LogP contribution in [0.4, 0.5) is 5.69 Å². The SMILES string of the molecule is O=C(N[NH+]1CCCCC1)C1=NN(c2ccc(Cl)cc2Cl)C(c2ccc(Cl)cc2)C1.O=S(=O)([O-])NC1CCCCC1. The van der Waals surface area contributed by atoms with Crippen molar-refractivity contribution in [2.75, 3.05) is 18.1 Å². The molecule has 40 heavy (non-hydrogen) atoms. The first-order chi connectivity index (χ1) is 19.1. The Labute approximate surface area is 250 Å². The van der Waals surface area contributed by atoms with Crippen molar-refractivity contribution in [3.63, 3.8) is 0 Å². The number of hydrazone groups is 1. The summed E-state index contributed by atoms with van der Waals surface area (Å²) in [5.74, 6) is -0.131. The summed E-state index contributed by atoms with van der Waals surface area (Å²) in [4.78, 5) is 12.9. The van der Waals surface area contributed by atoms with Crippen molar-refractivity contribution >= 4 is 62.4 Å². The number of anilines is 1. The van der Waals surface area contributed by atoms with Gasteiger partial charge in [-0.2, -0.15) is 10.5 Å². The van der Waals surface area contributed by atoms with E-state index >= 15 is 0 Å². The van der Waals surface area contributed by atoms with Crippen LogP contribution in [0.25, 0.3) is 0 Å². The summed E-state index contributed by atoms with van der Waals surface area (Å²) in [6, 6.07) is 12.6. The maximum Gasteiger partial charge on any atom is 0.312 e. The zero-order chi connectivity index (χ0) is 28.7. The average Bonchev–Trinajstić information content (AvgIpc) is 3.35. The number of halogens is 3. The zero-order valence-electron chi connectivity index (χ0n) is 22.0. The molecule has 0 spiro atoms. The third-order valence-electron chi connectivity index (χ3n) is 7.25. The number of nitrogens with zero attached hydrogens (tertiary/aromatic N) is 2. The lowest BCUT2D eigenvalue weighted by molar-refractivity contribution is -0.940. The molecule has 5 rings (SSSR count). The van der Waals surface area contributed by atoms with Crippen LogP contribution >= 0.6 is 34.8 Å². The van der Waals surface area contributed by atoms with Crippen LogP contribution in [0.1, 0.15) is 69.4 Å². The number of hydrogen-bond donors (Lipinski definition) is 3. The number of nitrogens with one attached hydrogen (secondary N) is 3. The van der Waals surface area contributed by atoms with Gasteiger partial charge in [0.05, 0.1) is 29.8 Å². The van der Waals surface area contributed by atoms with Gasteiger partial charge in [0.2, 0.25) is 0 Å². The van der Waals surface area contributed by atoms with Crippen molar-refractivity contribution in [2.24, 2.45) is 5.10 Å². The van der Waals surface area contributed by atoms with E-state index in [9.17, 15) is 17.8 Å². The molecule has 2 fully saturated rings. The Morgan fingerprint density at radius 2 is 1.55 bits per heavy atom. The van der Waals surface area contributed by atoms with Gasteiger partial charge in [-0.05, 0) is 68.0 Å². The molecule has 2 aromatic carbocycles. The summed E-state index contributed by atoms with van der Waals surface area (Å²) in [6.07, 6.45) is 8.77. The predicted molar refractivity (Wildman–Crippen MR) is 158 cm³/mol. The minimum atomic E-state index is -4.22. The largest absolute Gasteiger partial charge is 0.735 e. The maximum atomic E-state index is 12.9. The molecule has 1 unspecified atom stereocenters. The van der Waals surface area contributed by atoms with E-state index in [1.54, 1.807) is 12.1 Å². The molecule has 1 amide bonds. The van der Waals surface area contributed by atoms with Crippen molar-refractivity contribution in [2.45, 2.75) is 69.9 Å². The van der Waals surface area contributed by atoms with Crippen molar-refractivity contribution < 1.29 is 22.8 Å². The summed E-state index contributed by atoms with van der Waals surface area (Å²) in [6.45, 7) is 1.90. The third-order valence-corrected chi connectivity index (χ3v) is 8.66. The molecule has 3 N–H and O–H groups in total. The molecule has 13 heteroatoms. The molecule has 0 radical (unpaired) electrons. The van der Waals surface area contributed by atoms with E-state index in [0.717, 1.165) is 68.6 Å². The summed E-state index contributed by atoms with van der Waals surface area (Å²) >= 11 is 18.6. The van der Waals surface area contributed by atoms with Gasteiger partial charge in [-0.15, -0.1) is 0 Å². The molecule has 9 nitrogen and oxygen atoms in total. The molecule has 1 aliphatic carbocycles. The molecule has 1 saturated carbocycles. The Hall–Kier alpha value is -1.92. The highest BCUT2D eigenvalue weighted by Crippen LogP contribution is 2.39. The number of benzene rings is 2. The van der Waals surface area contributed by atoms with Crippen LogP contribution in [0, 0.1) is 0 Å². The Morgan fingerprint density at radius 1 is 0.925 bits per heavy atom. The number of quaternary nitrogens is 1. The van der Waals surface area contributed by atoms with Gasteiger partial charge in [-0.25, -0.2) is 18.1 Å². The van der Waals surface area contributed by atoms with E-state index in [-0.39, 0.29) is 18.0 Å². The summed E-state index contributed by atoms with van der Waals surface area (Å²) in [7, 11) is -4.22. The molecule has 1 saturated heterocycles. The van der Waals surface area contributed by atoms with Crippen LogP contribution in [-0.4, -0.2) is 43.7 Å². The van der Waals surface area contributed by atoms with Gasteiger partial charge < -0.3 is 4.55 Å². The standard InChI is InChI=1S/C21H21Cl3N4O.C6H13NO3S/c22-15-6-4-14(5-7-15)20-13-18(21(29)26-27-10-2-1-3-11-27)25-28(20)19-9-8-16(23)12-17(19)24;8-11(9,10)7-6-4-2-1-3-5-6/h4-9,12,20H,1-3,10-11,13H2,(H,26,29);6-7H,1-5H2,(H,8,9,10). The molecule has 2 aliphatic heterocycles. The molecule has 0 bridgehead atoms. The van der Waals surface area contributed by atoms with Gasteiger partial charge in [0.25, 0.3) is 0 Å². The molecule has 2 heterocycles. The van der Waals surface area contributed by atoms with Crippen molar-refractivity contribution in [1.29, 1.82) is 0 Å². The highest BCUT2D eigenvalue weighted by molar-refractivity contribution is 7.83. The molecule has 218 valence electrons. The fourth-order valence-electron chi connectivity index (χ4n) is 5.24. The van der Waals surface area contributed by atoms with Crippen LogP contribution in [0.15, 0.2) is 47.6 Å². The topological polar surface area (TPSA) is 118 Å². The van der Waals surface area contributed by atoms with E-state index in [4.69, 9.17) is 34.8 Å². The van der Waals surface area contributed by atoms with E-state index in [2.05, 4.69) is 15.2 Å². The third kappa shape index (κ3) is 9.04. The highest BCUT2D eigenvalue weighted by atomic mass is 35.5. The van der Waals surface area contributed by atoms with Crippen molar-refractivity contribution in [3.8, 4) is 0 Å². The quantitative estimate of drug-likeness (QED) is 0.409. The number of carbonyl (C=O) groups excluding carboxylic acids is 1. The minimum Gasteiger partial charge on any atom is -0.735 e. The number of amides is 1. The average molecular weight is 631 g/mol. The Kier molecular flexibility index (Phi) is 11.1. The van der Waals surface area contributed by atoms with E-state index in [1.807, 2.05) is 35.3 Å². The summed E-state index contributed by atoms with van der Waals surface area (Å²) in [5, 5.41) is 9.28. The first-order valence-corrected chi connectivity index (χ1v) is 16.1. The number of rotatable bonds is 6. The number of carbonyl (C=O) groups is 1. The second-order valence-corrected chi connectivity index (χ2v) is 12.7. The Morgan fingerprint density at radius 3 is 2.17 bits per heavy atom. The molecule has 2 aromatic rings. The fraction of sp³-hybridized carbons (Fsp3) is 0.481. The smallest absolute Gasteiger partial charge is 0.312 e. The normalized spacial score (nSPS) is 20.4. The first kappa shape index (κ1) is 31.0. The Balaban J connectivity index is 0.000000283. The number of hydrogen-bond acceptors (Lipinski definition) is 6. The fourth-order valence-corrected chi connectivity index (χ4v) is 6.51. The van der Waals surface area contributed by atoms with Gasteiger partial charge in [0, 0.05) is 22.5 Å². The molecular weight excluding hydrogens is 597 g/mol. The lowest BCUT2D eigenvalue weighted by Gasteiger charge is -2.25. The monoisotopic (exact) mass is 629 g/mol. The van der Waals surface area contributed by atoms with Crippen LogP contribution in [-0.2, 0) is 15.1 Å².